The first-order valence-corrected chi connectivity index (χ1v) is 7.20. The average Bonchev–Trinajstić information content (AvgIpc) is 2.38. The van der Waals surface area contributed by atoms with Crippen LogP contribution in [0.1, 0.15) is 27.7 Å². The third-order valence-corrected chi connectivity index (χ3v) is 2.18. The Hall–Kier alpha value is -1.72. The van der Waals surface area contributed by atoms with Crippen molar-refractivity contribution in [2.24, 2.45) is 5.92 Å². The Labute approximate surface area is 132 Å². The Balaban J connectivity index is 0.000000980. The summed E-state index contributed by atoms with van der Waals surface area (Å²) in [6.45, 7) is 7.60. The second-order valence-electron chi connectivity index (χ2n) is 5.41. The van der Waals surface area contributed by atoms with Gasteiger partial charge in [0, 0.05) is 12.1 Å². The lowest BCUT2D eigenvalue weighted by Crippen LogP contribution is -2.30. The van der Waals surface area contributed by atoms with Crippen LogP contribution in [0, 0.1) is 16.0 Å². The first-order valence-electron chi connectivity index (χ1n) is 6.62. The molecule has 0 aliphatic rings. The molecule has 8 heteroatoms. The minimum Gasteiger partial charge on any atom is -0.421 e. The Bertz CT molecular complexity index is 484. The minimum atomic E-state index is -1.13. The molecule has 2 unspecified atom stereocenters. The van der Waals surface area contributed by atoms with Gasteiger partial charge in [0.2, 0.25) is 0 Å². The fraction of sp³-hybridized carbons (Fsp3) is 0.500. The van der Waals surface area contributed by atoms with Gasteiger partial charge in [-0.05, 0) is 25.0 Å². The van der Waals surface area contributed by atoms with Gasteiger partial charge >= 0.3 is 6.16 Å². The van der Waals surface area contributed by atoms with E-state index in [1.807, 2.05) is 0 Å². The fourth-order valence-electron chi connectivity index (χ4n) is 0.976. The van der Waals surface area contributed by atoms with Crippen molar-refractivity contribution in [2.75, 3.05) is 6.61 Å². The molecule has 0 aliphatic heterocycles. The molecular formula is C14H22NO6P. The van der Waals surface area contributed by atoms with Crippen molar-refractivity contribution in [2.45, 2.75) is 33.0 Å². The fourth-order valence-corrected chi connectivity index (χ4v) is 1.07. The van der Waals surface area contributed by atoms with E-state index in [0.717, 1.165) is 5.92 Å². The average molecular weight is 331 g/mol. The second-order valence-corrected chi connectivity index (χ2v) is 6.63. The first kappa shape index (κ1) is 20.3. The van der Waals surface area contributed by atoms with Gasteiger partial charge in [-0.2, -0.15) is 0 Å². The highest BCUT2D eigenvalue weighted by Crippen LogP contribution is 2.21. The van der Waals surface area contributed by atoms with Crippen LogP contribution in [-0.4, -0.2) is 28.1 Å². The maximum absolute atomic E-state index is 11.3. The van der Waals surface area contributed by atoms with Gasteiger partial charge in [-0.1, -0.05) is 30.0 Å². The molecule has 0 fully saturated rings. The van der Waals surface area contributed by atoms with Crippen molar-refractivity contribution in [1.29, 1.82) is 0 Å². The van der Waals surface area contributed by atoms with E-state index in [0.29, 0.717) is 0 Å². The predicted molar refractivity (Wildman–Crippen MR) is 85.9 cm³/mol. The third kappa shape index (κ3) is 9.26. The van der Waals surface area contributed by atoms with Crippen LogP contribution in [0.2, 0.25) is 0 Å². The highest BCUT2D eigenvalue weighted by Gasteiger charge is 2.23. The maximum atomic E-state index is 11.3. The molecule has 2 atom stereocenters. The van der Waals surface area contributed by atoms with E-state index < -0.39 is 16.4 Å². The lowest BCUT2D eigenvalue weighted by molar-refractivity contribution is -0.384. The summed E-state index contributed by atoms with van der Waals surface area (Å²) < 4.78 is 9.57. The van der Waals surface area contributed by atoms with Crippen LogP contribution in [0.4, 0.5) is 10.5 Å². The molecule has 7 nitrogen and oxygen atoms in total. The topological polar surface area (TPSA) is 98.9 Å². The minimum absolute atomic E-state index is 0.109. The van der Waals surface area contributed by atoms with E-state index in [4.69, 9.17) is 14.6 Å². The summed E-state index contributed by atoms with van der Waals surface area (Å²) in [5.74, 6) is 0.948. The summed E-state index contributed by atoms with van der Waals surface area (Å²) in [6, 6.07) is 4.96. The summed E-state index contributed by atoms with van der Waals surface area (Å²) in [5, 5.41) is 18.2. The number of carbonyl (C=O) groups excluding carboxylic acids is 1. The van der Waals surface area contributed by atoms with Crippen molar-refractivity contribution in [3.63, 3.8) is 0 Å². The molecule has 1 rings (SSSR count). The SMILES string of the molecule is CC(C)C.CC(P)(CO)OC(=O)Oc1ccc([N+](=O)[O-])cc1. The van der Waals surface area contributed by atoms with E-state index in [9.17, 15) is 14.9 Å². The summed E-state index contributed by atoms with van der Waals surface area (Å²) in [6.07, 6.45) is -1.00. The van der Waals surface area contributed by atoms with E-state index >= 15 is 0 Å². The highest BCUT2D eigenvalue weighted by atomic mass is 31.0. The van der Waals surface area contributed by atoms with Crippen molar-refractivity contribution in [1.82, 2.24) is 0 Å². The third-order valence-electron chi connectivity index (χ3n) is 1.88. The number of benzene rings is 1. The number of aliphatic hydroxyl groups is 1. The number of hydrogen-bond donors (Lipinski definition) is 1. The maximum Gasteiger partial charge on any atom is 0.514 e. The van der Waals surface area contributed by atoms with Crippen LogP contribution in [0.3, 0.4) is 0 Å². The van der Waals surface area contributed by atoms with Crippen molar-refractivity contribution in [3.05, 3.63) is 34.4 Å². The van der Waals surface area contributed by atoms with Crippen LogP contribution >= 0.6 is 9.24 Å². The van der Waals surface area contributed by atoms with Crippen LogP contribution in [0.5, 0.6) is 5.75 Å². The Morgan fingerprint density at radius 1 is 1.36 bits per heavy atom. The highest BCUT2D eigenvalue weighted by molar-refractivity contribution is 7.18. The number of nitro groups is 1. The zero-order valence-electron chi connectivity index (χ0n) is 13.1. The monoisotopic (exact) mass is 331 g/mol. The van der Waals surface area contributed by atoms with Gasteiger partial charge in [0.1, 0.15) is 11.1 Å². The summed E-state index contributed by atoms with van der Waals surface area (Å²) >= 11 is 0. The Morgan fingerprint density at radius 3 is 2.18 bits per heavy atom. The van der Waals surface area contributed by atoms with E-state index in [2.05, 4.69) is 30.0 Å². The number of hydrogen-bond acceptors (Lipinski definition) is 6. The van der Waals surface area contributed by atoms with E-state index in [-0.39, 0.29) is 18.0 Å². The van der Waals surface area contributed by atoms with Crippen LogP contribution in [0.15, 0.2) is 24.3 Å². The number of non-ortho nitro benzene ring substituents is 1. The van der Waals surface area contributed by atoms with Crippen LogP contribution in [0.25, 0.3) is 0 Å². The smallest absolute Gasteiger partial charge is 0.421 e. The van der Waals surface area contributed by atoms with Crippen molar-refractivity contribution < 1.29 is 24.3 Å². The number of rotatable bonds is 4. The number of ether oxygens (including phenoxy) is 2. The van der Waals surface area contributed by atoms with E-state index in [1.165, 1.54) is 31.2 Å². The first-order chi connectivity index (χ1) is 10.1. The lowest BCUT2D eigenvalue weighted by atomic mass is 10.3. The molecule has 1 aromatic carbocycles. The molecule has 0 amide bonds. The summed E-state index contributed by atoms with van der Waals surface area (Å²) in [5.41, 5.74) is -0.109. The van der Waals surface area contributed by atoms with Gasteiger partial charge in [0.25, 0.3) is 5.69 Å². The lowest BCUT2D eigenvalue weighted by Gasteiger charge is -2.21. The summed E-state index contributed by atoms with van der Waals surface area (Å²) in [4.78, 5) is 21.1. The quantitative estimate of drug-likeness (QED) is 0.299. The zero-order valence-corrected chi connectivity index (χ0v) is 14.3. The molecule has 0 aliphatic carbocycles. The van der Waals surface area contributed by atoms with Gasteiger partial charge in [-0.25, -0.2) is 4.79 Å². The molecule has 1 aromatic rings. The molecule has 0 spiro atoms. The van der Waals surface area contributed by atoms with Crippen molar-refractivity contribution >= 4 is 21.1 Å². The van der Waals surface area contributed by atoms with E-state index in [1.54, 1.807) is 0 Å². The van der Waals surface area contributed by atoms with Gasteiger partial charge < -0.3 is 14.6 Å². The molecule has 0 saturated heterocycles. The molecule has 1 N–H and O–H groups in total. The van der Waals surface area contributed by atoms with Gasteiger partial charge in [-0.3, -0.25) is 10.1 Å². The van der Waals surface area contributed by atoms with Crippen LogP contribution < -0.4 is 4.74 Å². The zero-order chi connectivity index (χ0) is 17.3. The molecule has 0 saturated carbocycles. The van der Waals surface area contributed by atoms with Gasteiger partial charge in [0.05, 0.1) is 11.5 Å². The Morgan fingerprint density at radius 2 is 1.82 bits per heavy atom. The summed E-state index contributed by atoms with van der Waals surface area (Å²) in [7, 11) is 2.16. The van der Waals surface area contributed by atoms with Gasteiger partial charge in [0.15, 0.2) is 0 Å². The second kappa shape index (κ2) is 9.33. The van der Waals surface area contributed by atoms with Gasteiger partial charge in [-0.15, -0.1) is 0 Å². The molecule has 22 heavy (non-hydrogen) atoms. The molecule has 0 heterocycles. The largest absolute Gasteiger partial charge is 0.514 e. The molecule has 0 radical (unpaired) electrons. The molecular weight excluding hydrogens is 309 g/mol. The molecule has 0 aromatic heterocycles. The number of nitro benzene ring substituents is 1. The van der Waals surface area contributed by atoms with Crippen molar-refractivity contribution in [3.8, 4) is 5.75 Å². The molecule has 0 bridgehead atoms. The Kier molecular flexibility index (Phi) is 8.60. The molecule has 124 valence electrons. The standard InChI is InChI=1S/C10H12NO6P.C4H10/c1-10(18,6-12)17-9(13)16-8-4-2-7(3-5-8)11(14)15;1-4(2)3/h2-5,12H,6,18H2,1H3;4H,1-3H3. The number of carbonyl (C=O) groups is 1. The predicted octanol–water partition coefficient (Wildman–Crippen LogP) is 3.36. The van der Waals surface area contributed by atoms with Crippen LogP contribution in [-0.2, 0) is 4.74 Å². The normalized spacial score (nSPS) is 12.7. The number of aliphatic hydroxyl groups excluding tert-OH is 1. The number of nitrogens with zero attached hydrogens (tertiary/aromatic N) is 1.